The van der Waals surface area contributed by atoms with E-state index in [-0.39, 0.29) is 24.1 Å². The number of carbonyl (C=O) groups is 1. The first-order valence-electron chi connectivity index (χ1n) is 17.0. The maximum atomic E-state index is 13.2. The molecule has 1 unspecified atom stereocenters. The van der Waals surface area contributed by atoms with E-state index in [4.69, 9.17) is 30.5 Å². The molecule has 1 fully saturated rings. The average Bonchev–Trinajstić information content (AvgIpc) is 3.18. The smallest absolute Gasteiger partial charge is 0.338 e. The molecule has 7 nitrogen and oxygen atoms in total. The number of halogens is 1. The Balaban J connectivity index is 1.29. The minimum absolute atomic E-state index is 0.0526. The number of benzene rings is 3. The van der Waals surface area contributed by atoms with Gasteiger partial charge in [0.05, 0.1) is 37.7 Å². The lowest BCUT2D eigenvalue weighted by molar-refractivity contribution is -0.0605. The second kappa shape index (κ2) is 14.1. The molecule has 3 aromatic rings. The number of ether oxygens (including phenoxy) is 4. The molecule has 1 spiro atoms. The third-order valence-corrected chi connectivity index (χ3v) is 10.4. The van der Waals surface area contributed by atoms with E-state index in [1.807, 2.05) is 69.3 Å². The Morgan fingerprint density at radius 3 is 2.62 bits per heavy atom. The number of carbonyl (C=O) groups excluding carboxylic acids is 1. The molecule has 0 aromatic heterocycles. The van der Waals surface area contributed by atoms with Crippen LogP contribution in [0.1, 0.15) is 79.9 Å². The van der Waals surface area contributed by atoms with Crippen LogP contribution in [-0.4, -0.2) is 56.2 Å². The SMILES string of the molecule is COc1ccc(COC(CCO)[C@@H]2CC[C@H]2CN2C[C@@]3(CCCc4cc(Cl)ccc43)COc3ccc(C(=O)OC(C)(C)C)cc32)cc1. The van der Waals surface area contributed by atoms with Crippen molar-refractivity contribution in [3.05, 3.63) is 87.9 Å². The van der Waals surface area contributed by atoms with Gasteiger partial charge in [-0.25, -0.2) is 4.79 Å². The van der Waals surface area contributed by atoms with E-state index in [2.05, 4.69) is 17.0 Å². The summed E-state index contributed by atoms with van der Waals surface area (Å²) >= 11 is 6.45. The Kier molecular flexibility index (Phi) is 10.1. The molecular formula is C39H48ClNO6. The van der Waals surface area contributed by atoms with Crippen LogP contribution in [0, 0.1) is 11.8 Å². The number of aliphatic hydroxyl groups excluding tert-OH is 1. The molecule has 1 heterocycles. The van der Waals surface area contributed by atoms with E-state index in [0.29, 0.717) is 37.0 Å². The molecule has 1 aliphatic heterocycles. The quantitative estimate of drug-likeness (QED) is 0.223. The van der Waals surface area contributed by atoms with Gasteiger partial charge in [0, 0.05) is 30.1 Å². The van der Waals surface area contributed by atoms with Crippen LogP contribution in [0.25, 0.3) is 0 Å². The minimum atomic E-state index is -0.593. The van der Waals surface area contributed by atoms with E-state index < -0.39 is 5.60 Å². The summed E-state index contributed by atoms with van der Waals surface area (Å²) in [6, 6.07) is 19.9. The number of esters is 1. The van der Waals surface area contributed by atoms with Gasteiger partial charge >= 0.3 is 5.97 Å². The standard InChI is InChI=1S/C39H48ClNO6/c1-38(2,3)47-37(43)28-10-16-36-34(21-28)41(24-39(25-46-36)18-5-6-27-20-30(40)11-15-33(27)39)22-29-9-14-32(29)35(17-19-42)45-23-26-7-12-31(44-4)13-8-26/h7-8,10-13,15-16,20-21,29,32,35,42H,5-6,9,14,17-19,22-25H2,1-4H3/t29-,32+,35?,39-/m0/s1. The first-order chi connectivity index (χ1) is 22.6. The van der Waals surface area contributed by atoms with Crippen LogP contribution < -0.4 is 14.4 Å². The van der Waals surface area contributed by atoms with E-state index in [1.165, 1.54) is 11.1 Å². The van der Waals surface area contributed by atoms with Crippen molar-refractivity contribution in [1.82, 2.24) is 0 Å². The van der Waals surface area contributed by atoms with Gasteiger partial charge in [0.15, 0.2) is 0 Å². The molecule has 0 amide bonds. The molecule has 0 saturated heterocycles. The topological polar surface area (TPSA) is 77.5 Å². The Morgan fingerprint density at radius 2 is 1.91 bits per heavy atom. The molecule has 1 N–H and O–H groups in total. The third kappa shape index (κ3) is 7.58. The highest BCUT2D eigenvalue weighted by atomic mass is 35.5. The molecule has 4 atom stereocenters. The highest BCUT2D eigenvalue weighted by Gasteiger charge is 2.44. The molecule has 3 aliphatic rings. The monoisotopic (exact) mass is 661 g/mol. The predicted molar refractivity (Wildman–Crippen MR) is 185 cm³/mol. The van der Waals surface area contributed by atoms with Gasteiger partial charge in [-0.05, 0) is 130 Å². The van der Waals surface area contributed by atoms with Crippen LogP contribution in [0.2, 0.25) is 5.02 Å². The largest absolute Gasteiger partial charge is 0.497 e. The summed E-state index contributed by atoms with van der Waals surface area (Å²) < 4.78 is 24.2. The van der Waals surface area contributed by atoms with Gasteiger partial charge in [0.2, 0.25) is 0 Å². The summed E-state index contributed by atoms with van der Waals surface area (Å²) in [5.74, 6) is 1.94. The number of methoxy groups -OCH3 is 1. The molecule has 6 rings (SSSR count). The van der Waals surface area contributed by atoms with Crippen LogP contribution in [0.4, 0.5) is 5.69 Å². The number of aryl methyl sites for hydroxylation is 1. The zero-order valence-electron chi connectivity index (χ0n) is 28.1. The second-order valence-corrected chi connectivity index (χ2v) is 14.9. The maximum Gasteiger partial charge on any atom is 0.338 e. The van der Waals surface area contributed by atoms with Crippen LogP contribution in [0.3, 0.4) is 0 Å². The van der Waals surface area contributed by atoms with Crippen molar-refractivity contribution >= 4 is 23.3 Å². The van der Waals surface area contributed by atoms with E-state index in [9.17, 15) is 9.90 Å². The highest BCUT2D eigenvalue weighted by Crippen LogP contribution is 2.47. The number of anilines is 1. The molecule has 1 saturated carbocycles. The van der Waals surface area contributed by atoms with Crippen molar-refractivity contribution in [2.45, 2.75) is 83.0 Å². The summed E-state index contributed by atoms with van der Waals surface area (Å²) in [5.41, 5.74) is 4.33. The zero-order chi connectivity index (χ0) is 33.2. The minimum Gasteiger partial charge on any atom is -0.497 e. The third-order valence-electron chi connectivity index (χ3n) is 10.1. The van der Waals surface area contributed by atoms with Gasteiger partial charge in [0.1, 0.15) is 17.1 Å². The summed E-state index contributed by atoms with van der Waals surface area (Å²) in [4.78, 5) is 15.7. The van der Waals surface area contributed by atoms with Gasteiger partial charge in [-0.1, -0.05) is 29.8 Å². The van der Waals surface area contributed by atoms with Crippen LogP contribution in [0.15, 0.2) is 60.7 Å². The van der Waals surface area contributed by atoms with Gasteiger partial charge in [-0.15, -0.1) is 0 Å². The number of rotatable bonds is 10. The average molecular weight is 662 g/mol. The molecule has 8 heteroatoms. The van der Waals surface area contributed by atoms with Crippen LogP contribution >= 0.6 is 11.6 Å². The molecule has 252 valence electrons. The van der Waals surface area contributed by atoms with Crippen molar-refractivity contribution in [3.63, 3.8) is 0 Å². The predicted octanol–water partition coefficient (Wildman–Crippen LogP) is 7.77. The van der Waals surface area contributed by atoms with Gasteiger partial charge in [0.25, 0.3) is 0 Å². The maximum absolute atomic E-state index is 13.2. The Morgan fingerprint density at radius 1 is 1.11 bits per heavy atom. The summed E-state index contributed by atoms with van der Waals surface area (Å²) in [5, 5.41) is 10.8. The van der Waals surface area contributed by atoms with Crippen molar-refractivity contribution in [1.29, 1.82) is 0 Å². The fraction of sp³-hybridized carbons (Fsp3) is 0.513. The molecule has 47 heavy (non-hydrogen) atoms. The van der Waals surface area contributed by atoms with E-state index in [0.717, 1.165) is 73.0 Å². The number of hydrogen-bond donors (Lipinski definition) is 1. The van der Waals surface area contributed by atoms with E-state index in [1.54, 1.807) is 7.11 Å². The van der Waals surface area contributed by atoms with Crippen LogP contribution in [-0.2, 0) is 27.9 Å². The molecular weight excluding hydrogens is 614 g/mol. The van der Waals surface area contributed by atoms with Gasteiger partial charge in [-0.3, -0.25) is 0 Å². The zero-order valence-corrected chi connectivity index (χ0v) is 28.9. The van der Waals surface area contributed by atoms with Gasteiger partial charge in [-0.2, -0.15) is 0 Å². The lowest BCUT2D eigenvalue weighted by atomic mass is 9.68. The number of aliphatic hydroxyl groups is 1. The summed E-state index contributed by atoms with van der Waals surface area (Å²) in [6.07, 6.45) is 5.76. The van der Waals surface area contributed by atoms with E-state index >= 15 is 0 Å². The normalized spacial score (nSPS) is 22.7. The number of hydrogen-bond acceptors (Lipinski definition) is 7. The Labute approximate surface area is 284 Å². The molecule has 0 bridgehead atoms. The lowest BCUT2D eigenvalue weighted by Crippen LogP contribution is -2.50. The summed E-state index contributed by atoms with van der Waals surface area (Å²) in [7, 11) is 1.66. The lowest BCUT2D eigenvalue weighted by Gasteiger charge is -2.46. The molecule has 2 aliphatic carbocycles. The fourth-order valence-electron chi connectivity index (χ4n) is 7.65. The summed E-state index contributed by atoms with van der Waals surface area (Å²) in [6.45, 7) is 8.36. The molecule has 3 aromatic carbocycles. The highest BCUT2D eigenvalue weighted by molar-refractivity contribution is 6.30. The number of nitrogens with zero attached hydrogens (tertiary/aromatic N) is 1. The first-order valence-corrected chi connectivity index (χ1v) is 17.3. The first kappa shape index (κ1) is 33.6. The van der Waals surface area contributed by atoms with Crippen molar-refractivity contribution in [3.8, 4) is 11.5 Å². The van der Waals surface area contributed by atoms with Gasteiger partial charge < -0.3 is 29.0 Å². The van der Waals surface area contributed by atoms with Crippen LogP contribution in [0.5, 0.6) is 11.5 Å². The van der Waals surface area contributed by atoms with Crippen molar-refractivity contribution in [2.24, 2.45) is 11.8 Å². The van der Waals surface area contributed by atoms with Crippen molar-refractivity contribution in [2.75, 3.05) is 38.3 Å². The van der Waals surface area contributed by atoms with Crippen molar-refractivity contribution < 1.29 is 28.8 Å². The Hall–Kier alpha value is -3.26. The second-order valence-electron chi connectivity index (χ2n) is 14.5. The Bertz CT molecular complexity index is 1550. The molecule has 0 radical (unpaired) electrons. The number of fused-ring (bicyclic) bond motifs is 3. The fourth-order valence-corrected chi connectivity index (χ4v) is 7.84.